The Kier molecular flexibility index (Phi) is 6.70. The Morgan fingerprint density at radius 1 is 0.633 bits per heavy atom. The van der Waals surface area contributed by atoms with Crippen LogP contribution in [-0.2, 0) is 20.4 Å². The van der Waals surface area contributed by atoms with Crippen LogP contribution in [-0.4, -0.2) is 33.6 Å². The second-order valence-electron chi connectivity index (χ2n) is 13.9. The molecule has 8 rings (SSSR count). The van der Waals surface area contributed by atoms with Gasteiger partial charge in [0.2, 0.25) is 0 Å². The molecule has 0 saturated heterocycles. The molecule has 5 aromatic rings. The third-order valence-electron chi connectivity index (χ3n) is 10.8. The van der Waals surface area contributed by atoms with Gasteiger partial charge in [0.15, 0.2) is 6.29 Å². The standard InChI is InChI=1S/C43H36O6/c1-42(2)34-16-23(8-12-27(34)29-14-10-25(46-5)18-36(29)42)33(22-44)31-20-39-32(21-38(31)48-7)40(41(45)49-39)24-9-13-28-30-15-11-26(47-6)19-37(30)43(3,4)35(28)17-24/h8-22H,1-7H3/b33-31+. The zero-order valence-corrected chi connectivity index (χ0v) is 28.6. The molecule has 0 bridgehead atoms. The molecule has 0 atom stereocenters. The molecule has 5 aromatic carbocycles. The fraction of sp³-hybridized carbons (Fsp3) is 0.209. The lowest BCUT2D eigenvalue weighted by atomic mass is 9.81. The Morgan fingerprint density at radius 2 is 1.16 bits per heavy atom. The number of fused-ring (bicyclic) bond motifs is 7. The highest BCUT2D eigenvalue weighted by Crippen LogP contribution is 2.51. The van der Waals surface area contributed by atoms with Crippen LogP contribution in [0.3, 0.4) is 0 Å². The summed E-state index contributed by atoms with van der Waals surface area (Å²) in [6.45, 7) is 8.75. The van der Waals surface area contributed by atoms with Gasteiger partial charge in [-0.05, 0) is 104 Å². The lowest BCUT2D eigenvalue weighted by Gasteiger charge is -2.22. The normalized spacial score (nSPS) is 16.1. The smallest absolute Gasteiger partial charge is 0.344 e. The van der Waals surface area contributed by atoms with Crippen LogP contribution in [0.15, 0.2) is 84.9 Å². The second-order valence-corrected chi connectivity index (χ2v) is 13.9. The largest absolute Gasteiger partial charge is 0.497 e. The fourth-order valence-electron chi connectivity index (χ4n) is 8.05. The Morgan fingerprint density at radius 3 is 1.71 bits per heavy atom. The van der Waals surface area contributed by atoms with Crippen molar-refractivity contribution in [3.63, 3.8) is 0 Å². The van der Waals surface area contributed by atoms with Gasteiger partial charge in [-0.2, -0.15) is 0 Å². The summed E-state index contributed by atoms with van der Waals surface area (Å²) in [7, 11) is 4.92. The van der Waals surface area contributed by atoms with Gasteiger partial charge in [0.25, 0.3) is 0 Å². The first-order valence-corrected chi connectivity index (χ1v) is 16.3. The van der Waals surface area contributed by atoms with Crippen LogP contribution in [0.5, 0.6) is 23.0 Å². The van der Waals surface area contributed by atoms with E-state index >= 15 is 0 Å². The van der Waals surface area contributed by atoms with Gasteiger partial charge in [0, 0.05) is 26.8 Å². The number of hydrogen-bond acceptors (Lipinski definition) is 6. The van der Waals surface area contributed by atoms with E-state index in [1.165, 1.54) is 11.1 Å². The summed E-state index contributed by atoms with van der Waals surface area (Å²) in [6, 6.07) is 28.2. The van der Waals surface area contributed by atoms with Crippen LogP contribution >= 0.6 is 0 Å². The maximum Gasteiger partial charge on any atom is 0.344 e. The third kappa shape index (κ3) is 4.33. The summed E-state index contributed by atoms with van der Waals surface area (Å²) in [5, 5.41) is 1.19. The molecule has 1 heterocycles. The minimum absolute atomic E-state index is 0.297. The molecule has 2 aliphatic carbocycles. The van der Waals surface area contributed by atoms with Crippen molar-refractivity contribution in [3.8, 4) is 45.3 Å². The maximum absolute atomic E-state index is 13.6. The van der Waals surface area contributed by atoms with Crippen LogP contribution in [0.25, 0.3) is 33.4 Å². The van der Waals surface area contributed by atoms with Gasteiger partial charge < -0.3 is 18.9 Å². The Bertz CT molecular complexity index is 2410. The lowest BCUT2D eigenvalue weighted by molar-refractivity contribution is -0.127. The summed E-state index contributed by atoms with van der Waals surface area (Å²) in [5.74, 6) is 2.05. The number of methoxy groups -OCH3 is 3. The van der Waals surface area contributed by atoms with Crippen LogP contribution < -0.4 is 29.4 Å². The van der Waals surface area contributed by atoms with Crippen molar-refractivity contribution in [2.75, 3.05) is 21.3 Å². The summed E-state index contributed by atoms with van der Waals surface area (Å²) in [5.41, 5.74) is 11.0. The molecular formula is C43H36O6. The van der Waals surface area contributed by atoms with Crippen molar-refractivity contribution in [2.45, 2.75) is 38.5 Å². The molecular weight excluding hydrogens is 612 g/mol. The quantitative estimate of drug-likeness (QED) is 0.114. The van der Waals surface area contributed by atoms with Crippen molar-refractivity contribution in [1.82, 2.24) is 0 Å². The predicted octanol–water partition coefficient (Wildman–Crippen LogP) is 6.84. The number of ether oxygens (including phenoxy) is 4. The van der Waals surface area contributed by atoms with Crippen molar-refractivity contribution < 1.29 is 28.5 Å². The fourth-order valence-corrected chi connectivity index (χ4v) is 8.05. The minimum atomic E-state index is -0.440. The topological polar surface area (TPSA) is 71.1 Å². The molecule has 1 aliphatic heterocycles. The molecule has 0 unspecified atom stereocenters. The minimum Gasteiger partial charge on any atom is -0.497 e. The second kappa shape index (κ2) is 10.7. The predicted molar refractivity (Wildman–Crippen MR) is 190 cm³/mol. The zero-order valence-electron chi connectivity index (χ0n) is 28.6. The van der Waals surface area contributed by atoms with Gasteiger partial charge in [-0.1, -0.05) is 64.1 Å². The van der Waals surface area contributed by atoms with Crippen molar-refractivity contribution in [1.29, 1.82) is 0 Å². The van der Waals surface area contributed by atoms with E-state index in [1.54, 1.807) is 27.4 Å². The van der Waals surface area contributed by atoms with Crippen LogP contribution in [0, 0.1) is 0 Å². The van der Waals surface area contributed by atoms with Gasteiger partial charge in [-0.3, -0.25) is 4.79 Å². The zero-order chi connectivity index (χ0) is 34.4. The number of rotatable bonds is 6. The molecule has 244 valence electrons. The van der Waals surface area contributed by atoms with Gasteiger partial charge >= 0.3 is 5.97 Å². The van der Waals surface area contributed by atoms with Crippen LogP contribution in [0.4, 0.5) is 0 Å². The highest BCUT2D eigenvalue weighted by Gasteiger charge is 2.38. The molecule has 6 nitrogen and oxygen atoms in total. The number of benzene rings is 5. The molecule has 3 aliphatic rings. The number of esters is 1. The monoisotopic (exact) mass is 648 g/mol. The number of carbonyl (C=O) groups is 2. The van der Waals surface area contributed by atoms with Gasteiger partial charge in [0.05, 0.1) is 26.9 Å². The average Bonchev–Trinajstić information content (AvgIpc) is 3.64. The molecule has 0 fully saturated rings. The van der Waals surface area contributed by atoms with Crippen molar-refractivity contribution in [3.05, 3.63) is 129 Å². The van der Waals surface area contributed by atoms with E-state index in [1.807, 2.05) is 30.3 Å². The Balaban J connectivity index is 1.27. The Labute approximate surface area is 285 Å². The highest BCUT2D eigenvalue weighted by atomic mass is 16.5. The van der Waals surface area contributed by atoms with Crippen molar-refractivity contribution >= 4 is 23.4 Å². The third-order valence-corrected chi connectivity index (χ3v) is 10.8. The first kappa shape index (κ1) is 30.7. The highest BCUT2D eigenvalue weighted by molar-refractivity contribution is 6.19. The van der Waals surface area contributed by atoms with Crippen molar-refractivity contribution in [2.24, 2.45) is 0 Å². The van der Waals surface area contributed by atoms with E-state index < -0.39 is 5.97 Å². The molecule has 6 heteroatoms. The van der Waals surface area contributed by atoms with E-state index in [2.05, 4.69) is 76.2 Å². The van der Waals surface area contributed by atoms with E-state index in [-0.39, 0.29) is 10.8 Å². The molecule has 0 saturated carbocycles. The molecule has 0 amide bonds. The summed E-state index contributed by atoms with van der Waals surface area (Å²) < 4.78 is 22.8. The summed E-state index contributed by atoms with van der Waals surface area (Å²) >= 11 is 0. The van der Waals surface area contributed by atoms with Gasteiger partial charge in [0.1, 0.15) is 23.0 Å². The lowest BCUT2D eigenvalue weighted by Crippen LogP contribution is -2.18. The number of aldehydes is 1. The summed E-state index contributed by atoms with van der Waals surface area (Å²) in [4.78, 5) is 26.4. The maximum atomic E-state index is 13.6. The average molecular weight is 649 g/mol. The van der Waals surface area contributed by atoms with E-state index in [0.717, 1.165) is 62.3 Å². The molecule has 0 aromatic heterocycles. The van der Waals surface area contributed by atoms with E-state index in [4.69, 9.17) is 18.9 Å². The number of carbonyl (C=O) groups excluding carboxylic acids is 2. The van der Waals surface area contributed by atoms with Gasteiger partial charge in [-0.15, -0.1) is 0 Å². The Hall–Kier alpha value is -5.62. The summed E-state index contributed by atoms with van der Waals surface area (Å²) in [6.07, 6.45) is 0.848. The van der Waals surface area contributed by atoms with E-state index in [9.17, 15) is 9.59 Å². The first-order chi connectivity index (χ1) is 23.5. The molecule has 0 radical (unpaired) electrons. The molecule has 49 heavy (non-hydrogen) atoms. The molecule has 0 N–H and O–H groups in total. The SMILES string of the molecule is COc1ccc2c(c1)C(C)(C)c1cc(C3=c4cc(OC)/c(=C(\C=O)c5ccc6c(c5)C(C)(C)c5cc(OC)ccc5-6)cc4OC3=O)ccc1-2. The molecule has 0 spiro atoms. The first-order valence-electron chi connectivity index (χ1n) is 16.3. The van der Waals surface area contributed by atoms with Crippen LogP contribution in [0.1, 0.15) is 61.1 Å². The van der Waals surface area contributed by atoms with Gasteiger partial charge in [-0.25, -0.2) is 4.79 Å². The van der Waals surface area contributed by atoms with Crippen LogP contribution in [0.2, 0.25) is 0 Å². The number of hydrogen-bond donors (Lipinski definition) is 0. The van der Waals surface area contributed by atoms with E-state index in [0.29, 0.717) is 33.1 Å².